The largest absolute Gasteiger partial charge is 0.382 e. The fraction of sp³-hybridized carbons (Fsp3) is 1.00. The first kappa shape index (κ1) is 18.0. The summed E-state index contributed by atoms with van der Waals surface area (Å²) < 4.78 is 5.34. The molecular weight excluding hydrogens is 244 g/mol. The molecule has 3 unspecified atom stereocenters. The Balaban J connectivity index is 2.08. The number of rotatable bonds is 10. The van der Waals surface area contributed by atoms with E-state index in [1.165, 1.54) is 70.6 Å². The van der Waals surface area contributed by atoms with Crippen LogP contribution in [0.2, 0.25) is 0 Å². The van der Waals surface area contributed by atoms with Crippen molar-refractivity contribution in [2.24, 2.45) is 17.8 Å². The Hall–Kier alpha value is -0.0400. The molecule has 0 aliphatic heterocycles. The highest BCUT2D eigenvalue weighted by atomic mass is 16.5. The summed E-state index contributed by atoms with van der Waals surface area (Å²) in [6, 6.07) is 0. The Bertz CT molecular complexity index is 226. The molecule has 0 aromatic heterocycles. The smallest absolute Gasteiger partial charge is 0.0543 e. The van der Waals surface area contributed by atoms with Crippen molar-refractivity contribution in [3.8, 4) is 0 Å². The molecule has 1 aliphatic carbocycles. The maximum atomic E-state index is 5.34. The van der Waals surface area contributed by atoms with Crippen LogP contribution in [0.15, 0.2) is 0 Å². The van der Waals surface area contributed by atoms with Crippen LogP contribution in [0.25, 0.3) is 0 Å². The van der Waals surface area contributed by atoms with Crippen molar-refractivity contribution < 1.29 is 4.74 Å². The zero-order valence-corrected chi connectivity index (χ0v) is 14.5. The van der Waals surface area contributed by atoms with Gasteiger partial charge in [0.05, 0.1) is 6.10 Å². The van der Waals surface area contributed by atoms with E-state index in [4.69, 9.17) is 4.74 Å². The van der Waals surface area contributed by atoms with Crippen LogP contribution in [0.1, 0.15) is 91.4 Å². The van der Waals surface area contributed by atoms with Crippen molar-refractivity contribution in [1.29, 1.82) is 0 Å². The summed E-state index contributed by atoms with van der Waals surface area (Å²) >= 11 is 0. The monoisotopic (exact) mass is 282 g/mol. The Morgan fingerprint density at radius 3 is 2.50 bits per heavy atom. The maximum absolute atomic E-state index is 5.34. The fourth-order valence-electron chi connectivity index (χ4n) is 3.88. The lowest BCUT2D eigenvalue weighted by Crippen LogP contribution is -2.13. The van der Waals surface area contributed by atoms with Gasteiger partial charge in [-0.25, -0.2) is 0 Å². The fourth-order valence-corrected chi connectivity index (χ4v) is 3.88. The molecule has 0 heterocycles. The summed E-state index contributed by atoms with van der Waals surface area (Å²) in [6.07, 6.45) is 16.2. The summed E-state index contributed by atoms with van der Waals surface area (Å²) in [7, 11) is 1.83. The molecule has 4 atom stereocenters. The molecule has 1 fully saturated rings. The molecule has 1 rings (SSSR count). The third-order valence-corrected chi connectivity index (χ3v) is 5.47. The van der Waals surface area contributed by atoms with Gasteiger partial charge < -0.3 is 4.74 Å². The quantitative estimate of drug-likeness (QED) is 0.462. The van der Waals surface area contributed by atoms with Gasteiger partial charge in [-0.1, -0.05) is 71.6 Å². The van der Waals surface area contributed by atoms with Gasteiger partial charge in [-0.2, -0.15) is 0 Å². The second-order valence-electron chi connectivity index (χ2n) is 7.32. The lowest BCUT2D eigenvalue weighted by Gasteiger charge is -2.27. The molecule has 1 saturated carbocycles. The summed E-state index contributed by atoms with van der Waals surface area (Å²) in [5.41, 5.74) is 0. The molecule has 0 spiro atoms. The van der Waals surface area contributed by atoms with E-state index in [9.17, 15) is 0 Å². The molecule has 1 aliphatic rings. The molecule has 1 nitrogen and oxygen atoms in total. The first-order valence-electron chi connectivity index (χ1n) is 9.18. The number of hydrogen-bond donors (Lipinski definition) is 0. The van der Waals surface area contributed by atoms with E-state index in [1.807, 2.05) is 7.11 Å². The Morgan fingerprint density at radius 1 is 1.10 bits per heavy atom. The van der Waals surface area contributed by atoms with Gasteiger partial charge >= 0.3 is 0 Å². The van der Waals surface area contributed by atoms with E-state index in [1.54, 1.807) is 0 Å². The highest BCUT2D eigenvalue weighted by Crippen LogP contribution is 2.32. The van der Waals surface area contributed by atoms with Gasteiger partial charge in [0.25, 0.3) is 0 Å². The minimum Gasteiger partial charge on any atom is -0.382 e. The van der Waals surface area contributed by atoms with Gasteiger partial charge in [-0.15, -0.1) is 0 Å². The molecular formula is C19H38O. The lowest BCUT2D eigenvalue weighted by atomic mass is 9.79. The molecule has 1 heteroatoms. The van der Waals surface area contributed by atoms with Crippen molar-refractivity contribution in [3.05, 3.63) is 0 Å². The average Bonchev–Trinajstić information content (AvgIpc) is 2.45. The zero-order valence-electron chi connectivity index (χ0n) is 14.5. The Kier molecular flexibility index (Phi) is 9.59. The van der Waals surface area contributed by atoms with Crippen LogP contribution in [0.4, 0.5) is 0 Å². The topological polar surface area (TPSA) is 9.23 Å². The van der Waals surface area contributed by atoms with Crippen LogP contribution in [0.3, 0.4) is 0 Å². The predicted molar refractivity (Wildman–Crippen MR) is 89.1 cm³/mol. The summed E-state index contributed by atoms with van der Waals surface area (Å²) in [5.74, 6) is 3.00. The van der Waals surface area contributed by atoms with Crippen molar-refractivity contribution in [2.75, 3.05) is 7.11 Å². The van der Waals surface area contributed by atoms with Crippen LogP contribution in [-0.2, 0) is 4.74 Å². The Labute approximate surface area is 127 Å². The summed E-state index contributed by atoms with van der Waals surface area (Å²) in [6.45, 7) is 7.00. The van der Waals surface area contributed by atoms with Gasteiger partial charge in [-0.05, 0) is 37.5 Å². The molecule has 0 N–H and O–H groups in total. The van der Waals surface area contributed by atoms with Gasteiger partial charge in [0.2, 0.25) is 0 Å². The summed E-state index contributed by atoms with van der Waals surface area (Å²) in [4.78, 5) is 0. The highest BCUT2D eigenvalue weighted by Gasteiger charge is 2.18. The van der Waals surface area contributed by atoms with E-state index < -0.39 is 0 Å². The van der Waals surface area contributed by atoms with E-state index in [-0.39, 0.29) is 0 Å². The van der Waals surface area contributed by atoms with Crippen molar-refractivity contribution in [2.45, 2.75) is 97.5 Å². The first-order valence-corrected chi connectivity index (χ1v) is 9.18. The Morgan fingerprint density at radius 2 is 1.85 bits per heavy atom. The van der Waals surface area contributed by atoms with Crippen LogP contribution in [-0.4, -0.2) is 13.2 Å². The lowest BCUT2D eigenvalue weighted by molar-refractivity contribution is 0.107. The van der Waals surface area contributed by atoms with E-state index in [0.29, 0.717) is 6.10 Å². The van der Waals surface area contributed by atoms with Crippen LogP contribution in [0.5, 0.6) is 0 Å². The average molecular weight is 283 g/mol. The highest BCUT2D eigenvalue weighted by molar-refractivity contribution is 4.71. The number of ether oxygens (including phenoxy) is 1. The molecule has 0 amide bonds. The van der Waals surface area contributed by atoms with Crippen molar-refractivity contribution in [1.82, 2.24) is 0 Å². The molecule has 20 heavy (non-hydrogen) atoms. The van der Waals surface area contributed by atoms with Gasteiger partial charge in [-0.3, -0.25) is 0 Å². The zero-order chi connectivity index (χ0) is 14.8. The number of hydrogen-bond acceptors (Lipinski definition) is 1. The van der Waals surface area contributed by atoms with Gasteiger partial charge in [0, 0.05) is 7.11 Å². The molecule has 0 radical (unpaired) electrons. The third-order valence-electron chi connectivity index (χ3n) is 5.47. The molecule has 0 bridgehead atoms. The SMILES string of the molecule is CCC(CCCC1CCCC(C)C1)CCC[C@H](C)OC. The van der Waals surface area contributed by atoms with Crippen molar-refractivity contribution in [3.63, 3.8) is 0 Å². The maximum Gasteiger partial charge on any atom is 0.0543 e. The normalized spacial score (nSPS) is 26.4. The number of methoxy groups -OCH3 is 1. The van der Waals surface area contributed by atoms with Crippen LogP contribution >= 0.6 is 0 Å². The van der Waals surface area contributed by atoms with Gasteiger partial charge in [0.15, 0.2) is 0 Å². The molecule has 0 aromatic rings. The van der Waals surface area contributed by atoms with Crippen LogP contribution < -0.4 is 0 Å². The minimum absolute atomic E-state index is 0.441. The summed E-state index contributed by atoms with van der Waals surface area (Å²) in [5, 5.41) is 0. The van der Waals surface area contributed by atoms with E-state index in [0.717, 1.165) is 17.8 Å². The predicted octanol–water partition coefficient (Wildman–Crippen LogP) is 6.21. The third kappa shape index (κ3) is 7.67. The first-order chi connectivity index (χ1) is 9.65. The van der Waals surface area contributed by atoms with Crippen molar-refractivity contribution >= 4 is 0 Å². The van der Waals surface area contributed by atoms with E-state index >= 15 is 0 Å². The standard InChI is InChI=1S/C19H38O/c1-5-18(11-7-10-17(3)20-4)12-8-14-19-13-6-9-16(2)15-19/h16-19H,5-15H2,1-4H3/t16?,17-,18?,19?/m0/s1. The van der Waals surface area contributed by atoms with Gasteiger partial charge in [0.1, 0.15) is 0 Å². The van der Waals surface area contributed by atoms with Crippen LogP contribution in [0, 0.1) is 17.8 Å². The molecule has 0 saturated heterocycles. The van der Waals surface area contributed by atoms with E-state index in [2.05, 4.69) is 20.8 Å². The molecule has 120 valence electrons. The second kappa shape index (κ2) is 10.7. The minimum atomic E-state index is 0.441. The second-order valence-corrected chi connectivity index (χ2v) is 7.32. The molecule has 0 aromatic carbocycles.